The van der Waals surface area contributed by atoms with Crippen molar-refractivity contribution in [3.63, 3.8) is 0 Å². The maximum atomic E-state index is 5.98. The van der Waals surface area contributed by atoms with Crippen LogP contribution in [-0.4, -0.2) is 0 Å². The summed E-state index contributed by atoms with van der Waals surface area (Å²) in [6, 6.07) is 20.8. The van der Waals surface area contributed by atoms with Crippen LogP contribution in [-0.2, 0) is 0 Å². The van der Waals surface area contributed by atoms with Gasteiger partial charge in [-0.3, -0.25) is 0 Å². The third-order valence-electron chi connectivity index (χ3n) is 4.22. The summed E-state index contributed by atoms with van der Waals surface area (Å²) in [6.45, 7) is 0. The molecule has 1 aliphatic heterocycles. The van der Waals surface area contributed by atoms with Gasteiger partial charge in [-0.15, -0.1) is 0 Å². The van der Waals surface area contributed by atoms with Gasteiger partial charge in [0.2, 0.25) is 0 Å². The van der Waals surface area contributed by atoms with E-state index in [9.17, 15) is 0 Å². The van der Waals surface area contributed by atoms with Crippen molar-refractivity contribution < 1.29 is 4.42 Å². The molecule has 1 aliphatic rings. The second kappa shape index (κ2) is 4.25. The van der Waals surface area contributed by atoms with Crippen molar-refractivity contribution in [2.75, 3.05) is 5.32 Å². The lowest BCUT2D eigenvalue weighted by molar-refractivity contribution is 0.669. The fraction of sp³-hybridized carbons (Fsp3) is 0. The largest absolute Gasteiger partial charge is 0.456 e. The van der Waals surface area contributed by atoms with Gasteiger partial charge in [0.25, 0.3) is 0 Å². The third kappa shape index (κ3) is 1.61. The highest BCUT2D eigenvalue weighted by Crippen LogP contribution is 2.36. The lowest BCUT2D eigenvalue weighted by atomic mass is 10.1. The molecule has 4 aromatic rings. The number of hydrogen-bond donors (Lipinski definition) is 1. The zero-order valence-electron chi connectivity index (χ0n) is 11.8. The van der Waals surface area contributed by atoms with Crippen LogP contribution >= 0.6 is 0 Å². The highest BCUT2D eigenvalue weighted by Gasteiger charge is 2.13. The zero-order chi connectivity index (χ0) is 14.5. The second-order valence-electron chi connectivity index (χ2n) is 5.58. The van der Waals surface area contributed by atoms with Crippen molar-refractivity contribution in [2.45, 2.75) is 0 Å². The second-order valence-corrected chi connectivity index (χ2v) is 5.58. The molecule has 0 saturated carbocycles. The monoisotopic (exact) mass is 283 g/mol. The van der Waals surface area contributed by atoms with Gasteiger partial charge in [-0.1, -0.05) is 48.6 Å². The minimum absolute atomic E-state index is 0.917. The van der Waals surface area contributed by atoms with E-state index >= 15 is 0 Å². The number of nitrogens with one attached hydrogen (secondary N) is 1. The van der Waals surface area contributed by atoms with Crippen LogP contribution in [0.5, 0.6) is 0 Å². The van der Waals surface area contributed by atoms with E-state index in [1.807, 2.05) is 24.3 Å². The molecular formula is C20H13NO. The first-order valence-corrected chi connectivity index (χ1v) is 7.38. The summed E-state index contributed by atoms with van der Waals surface area (Å²) in [5.74, 6) is 0. The average molecular weight is 283 g/mol. The van der Waals surface area contributed by atoms with E-state index in [2.05, 4.69) is 53.9 Å². The van der Waals surface area contributed by atoms with E-state index in [0.717, 1.165) is 33.3 Å². The normalized spacial score (nSPS) is 12.7. The molecule has 104 valence electrons. The van der Waals surface area contributed by atoms with Crippen LogP contribution in [0.2, 0.25) is 0 Å². The Morgan fingerprint density at radius 1 is 0.636 bits per heavy atom. The van der Waals surface area contributed by atoms with Crippen LogP contribution in [0, 0.1) is 0 Å². The molecule has 3 aromatic carbocycles. The first kappa shape index (κ1) is 11.6. The fourth-order valence-electron chi connectivity index (χ4n) is 3.12. The first-order valence-electron chi connectivity index (χ1n) is 7.38. The van der Waals surface area contributed by atoms with Crippen LogP contribution in [0.4, 0.5) is 11.4 Å². The van der Waals surface area contributed by atoms with Crippen molar-refractivity contribution >= 4 is 45.5 Å². The third-order valence-corrected chi connectivity index (χ3v) is 4.22. The molecule has 0 amide bonds. The Bertz CT molecular complexity index is 1060. The number of furan rings is 1. The topological polar surface area (TPSA) is 25.2 Å². The van der Waals surface area contributed by atoms with Crippen molar-refractivity contribution in [1.29, 1.82) is 0 Å². The van der Waals surface area contributed by atoms with Gasteiger partial charge < -0.3 is 9.73 Å². The number of rotatable bonds is 0. The lowest BCUT2D eigenvalue weighted by Gasteiger charge is -2.09. The Hall–Kier alpha value is -3.00. The summed E-state index contributed by atoms with van der Waals surface area (Å²) in [6.07, 6.45) is 4.32. The van der Waals surface area contributed by atoms with Crippen LogP contribution < -0.4 is 5.32 Å². The quantitative estimate of drug-likeness (QED) is 0.388. The predicted octanol–water partition coefficient (Wildman–Crippen LogP) is 5.81. The lowest BCUT2D eigenvalue weighted by Crippen LogP contribution is -1.92. The van der Waals surface area contributed by atoms with Crippen LogP contribution in [0.3, 0.4) is 0 Å². The summed E-state index contributed by atoms with van der Waals surface area (Å²) in [5.41, 5.74) is 6.42. The van der Waals surface area contributed by atoms with E-state index in [0.29, 0.717) is 0 Å². The van der Waals surface area contributed by atoms with Crippen molar-refractivity contribution in [2.24, 2.45) is 0 Å². The van der Waals surface area contributed by atoms with E-state index in [4.69, 9.17) is 4.42 Å². The van der Waals surface area contributed by atoms with Crippen molar-refractivity contribution in [3.8, 4) is 0 Å². The van der Waals surface area contributed by atoms with Gasteiger partial charge >= 0.3 is 0 Å². The molecule has 0 bridgehead atoms. The molecule has 0 aliphatic carbocycles. The van der Waals surface area contributed by atoms with E-state index in [-0.39, 0.29) is 0 Å². The number of hydrogen-bond acceptors (Lipinski definition) is 2. The number of benzene rings is 3. The van der Waals surface area contributed by atoms with Gasteiger partial charge in [0.1, 0.15) is 11.2 Å². The molecule has 0 atom stereocenters. The molecule has 0 saturated heterocycles. The number of fused-ring (bicyclic) bond motifs is 5. The molecule has 0 fully saturated rings. The molecule has 1 aromatic heterocycles. The summed E-state index contributed by atoms with van der Waals surface area (Å²) in [4.78, 5) is 0. The Morgan fingerprint density at radius 2 is 1.45 bits per heavy atom. The van der Waals surface area contributed by atoms with Gasteiger partial charge in [0, 0.05) is 28.2 Å². The van der Waals surface area contributed by atoms with Gasteiger partial charge in [0.05, 0.1) is 0 Å². The highest BCUT2D eigenvalue weighted by molar-refractivity contribution is 6.07. The Kier molecular flexibility index (Phi) is 2.25. The maximum absolute atomic E-state index is 5.98. The minimum atomic E-state index is 0.917. The molecule has 0 spiro atoms. The summed E-state index contributed by atoms with van der Waals surface area (Å²) >= 11 is 0. The Morgan fingerprint density at radius 3 is 2.45 bits per heavy atom. The fourth-order valence-corrected chi connectivity index (χ4v) is 3.12. The molecular weight excluding hydrogens is 270 g/mol. The van der Waals surface area contributed by atoms with Crippen LogP contribution in [0.1, 0.15) is 11.1 Å². The summed E-state index contributed by atoms with van der Waals surface area (Å²) < 4.78 is 5.98. The first-order chi connectivity index (χ1) is 10.9. The van der Waals surface area contributed by atoms with Crippen LogP contribution in [0.15, 0.2) is 65.1 Å². The average Bonchev–Trinajstić information content (AvgIpc) is 2.80. The van der Waals surface area contributed by atoms with Gasteiger partial charge in [-0.05, 0) is 29.3 Å². The smallest absolute Gasteiger partial charge is 0.137 e. The zero-order valence-corrected chi connectivity index (χ0v) is 11.8. The summed E-state index contributed by atoms with van der Waals surface area (Å²) in [5, 5.41) is 5.84. The number of para-hydroxylation sites is 2. The SMILES string of the molecule is C1=Cc2cc3c(cc2Nc2ccccc21)oc1ccccc13. The van der Waals surface area contributed by atoms with Crippen molar-refractivity contribution in [3.05, 3.63) is 71.8 Å². The predicted molar refractivity (Wildman–Crippen MR) is 92.4 cm³/mol. The maximum Gasteiger partial charge on any atom is 0.137 e. The number of anilines is 2. The molecule has 22 heavy (non-hydrogen) atoms. The molecule has 1 N–H and O–H groups in total. The van der Waals surface area contributed by atoms with E-state index in [1.54, 1.807) is 0 Å². The molecule has 0 radical (unpaired) electrons. The Labute approximate surface area is 127 Å². The Balaban J connectivity index is 1.80. The molecule has 0 unspecified atom stereocenters. The van der Waals surface area contributed by atoms with Crippen molar-refractivity contribution in [1.82, 2.24) is 0 Å². The highest BCUT2D eigenvalue weighted by atomic mass is 16.3. The molecule has 5 rings (SSSR count). The molecule has 2 heterocycles. The summed E-state index contributed by atoms with van der Waals surface area (Å²) in [7, 11) is 0. The van der Waals surface area contributed by atoms with Gasteiger partial charge in [-0.25, -0.2) is 0 Å². The van der Waals surface area contributed by atoms with E-state index in [1.165, 1.54) is 11.1 Å². The van der Waals surface area contributed by atoms with Crippen LogP contribution in [0.25, 0.3) is 34.1 Å². The van der Waals surface area contributed by atoms with E-state index < -0.39 is 0 Å². The minimum Gasteiger partial charge on any atom is -0.456 e. The standard InChI is InChI=1S/C20H13NO/c1-3-7-17-13(5-1)9-10-14-11-16-15-6-2-4-8-19(15)22-20(16)12-18(14)21-17/h1-12,21H. The molecule has 2 nitrogen and oxygen atoms in total. The van der Waals surface area contributed by atoms with Gasteiger partial charge in [-0.2, -0.15) is 0 Å². The van der Waals surface area contributed by atoms with Gasteiger partial charge in [0.15, 0.2) is 0 Å². The molecule has 2 heteroatoms.